The highest BCUT2D eigenvalue weighted by atomic mass is 16.5. The maximum Gasteiger partial charge on any atom is 0.319 e. The second kappa shape index (κ2) is 7.84. The minimum atomic E-state index is 0.365. The van der Waals surface area contributed by atoms with Gasteiger partial charge in [0.05, 0.1) is 6.61 Å². The second-order valence-electron chi connectivity index (χ2n) is 3.98. The van der Waals surface area contributed by atoms with Gasteiger partial charge in [0, 0.05) is 24.8 Å². The molecule has 0 saturated heterocycles. The Morgan fingerprint density at radius 1 is 1.29 bits per heavy atom. The molecular formula is C12H21N3O2. The van der Waals surface area contributed by atoms with Crippen LogP contribution in [-0.4, -0.2) is 35.8 Å². The predicted octanol–water partition coefficient (Wildman–Crippen LogP) is 1.64. The zero-order valence-corrected chi connectivity index (χ0v) is 10.8. The number of aromatic nitrogens is 2. The van der Waals surface area contributed by atoms with E-state index in [0.717, 1.165) is 13.0 Å². The lowest BCUT2D eigenvalue weighted by molar-refractivity contribution is 0.267. The average molecular weight is 239 g/mol. The Kier molecular flexibility index (Phi) is 6.32. The van der Waals surface area contributed by atoms with Crippen LogP contribution in [0.2, 0.25) is 0 Å². The molecule has 0 aliphatic carbocycles. The van der Waals surface area contributed by atoms with Crippen LogP contribution in [0.3, 0.4) is 0 Å². The van der Waals surface area contributed by atoms with E-state index in [-0.39, 0.29) is 0 Å². The van der Waals surface area contributed by atoms with E-state index in [1.54, 1.807) is 12.3 Å². The van der Waals surface area contributed by atoms with Gasteiger partial charge in [-0.3, -0.25) is 0 Å². The van der Waals surface area contributed by atoms with Crippen LogP contribution in [0.1, 0.15) is 27.2 Å². The Bertz CT molecular complexity index is 318. The summed E-state index contributed by atoms with van der Waals surface area (Å²) in [5, 5.41) is 3.25. The lowest BCUT2D eigenvalue weighted by Crippen LogP contribution is -2.27. The summed E-state index contributed by atoms with van der Waals surface area (Å²) in [4.78, 5) is 8.17. The van der Waals surface area contributed by atoms with Crippen LogP contribution >= 0.6 is 0 Å². The van der Waals surface area contributed by atoms with Crippen molar-refractivity contribution in [3.63, 3.8) is 0 Å². The minimum Gasteiger partial charge on any atom is -0.478 e. The zero-order valence-electron chi connectivity index (χ0n) is 10.8. The molecule has 0 spiro atoms. The fraction of sp³-hybridized carbons (Fsp3) is 0.667. The molecule has 0 aromatic carbocycles. The number of nitrogens with one attached hydrogen (secondary N) is 1. The van der Waals surface area contributed by atoms with Crippen LogP contribution in [-0.2, 0) is 0 Å². The molecule has 0 unspecified atom stereocenters. The predicted molar refractivity (Wildman–Crippen MR) is 66.5 cm³/mol. The van der Waals surface area contributed by atoms with Crippen molar-refractivity contribution in [3.05, 3.63) is 12.3 Å². The van der Waals surface area contributed by atoms with E-state index in [0.29, 0.717) is 31.1 Å². The summed E-state index contributed by atoms with van der Waals surface area (Å²) in [6.07, 6.45) is 2.60. The van der Waals surface area contributed by atoms with E-state index in [9.17, 15) is 0 Å². The number of rotatable bonds is 8. The molecular weight excluding hydrogens is 218 g/mol. The van der Waals surface area contributed by atoms with E-state index in [1.807, 2.05) is 0 Å². The van der Waals surface area contributed by atoms with E-state index in [2.05, 4.69) is 36.1 Å². The molecule has 17 heavy (non-hydrogen) atoms. The SMILES string of the molecule is CCCOc1ccnc(OCCNC(C)C)n1. The highest BCUT2D eigenvalue weighted by Crippen LogP contribution is 2.09. The average Bonchev–Trinajstić information content (AvgIpc) is 2.32. The van der Waals surface area contributed by atoms with E-state index in [1.165, 1.54) is 0 Å². The van der Waals surface area contributed by atoms with Gasteiger partial charge in [-0.1, -0.05) is 20.8 Å². The van der Waals surface area contributed by atoms with Crippen molar-refractivity contribution >= 4 is 0 Å². The van der Waals surface area contributed by atoms with Gasteiger partial charge in [0.1, 0.15) is 6.61 Å². The molecule has 0 aliphatic heterocycles. The Morgan fingerprint density at radius 2 is 2.12 bits per heavy atom. The summed E-state index contributed by atoms with van der Waals surface area (Å²) in [5.41, 5.74) is 0. The normalized spacial score (nSPS) is 10.6. The van der Waals surface area contributed by atoms with Gasteiger partial charge >= 0.3 is 6.01 Å². The van der Waals surface area contributed by atoms with Gasteiger partial charge in [0.15, 0.2) is 0 Å². The van der Waals surface area contributed by atoms with Crippen molar-refractivity contribution < 1.29 is 9.47 Å². The fourth-order valence-electron chi connectivity index (χ4n) is 1.17. The van der Waals surface area contributed by atoms with Crippen LogP contribution in [0.4, 0.5) is 0 Å². The molecule has 1 aromatic rings. The molecule has 96 valence electrons. The summed E-state index contributed by atoms with van der Waals surface area (Å²) in [6, 6.07) is 2.55. The first-order valence-electron chi connectivity index (χ1n) is 6.04. The van der Waals surface area contributed by atoms with Crippen LogP contribution in [0.5, 0.6) is 11.9 Å². The third-order valence-electron chi connectivity index (χ3n) is 1.95. The smallest absolute Gasteiger partial charge is 0.319 e. The third kappa shape index (κ3) is 6.06. The monoisotopic (exact) mass is 239 g/mol. The molecule has 1 rings (SSSR count). The first kappa shape index (κ1) is 13.7. The van der Waals surface area contributed by atoms with Gasteiger partial charge in [0.25, 0.3) is 0 Å². The van der Waals surface area contributed by atoms with Gasteiger partial charge < -0.3 is 14.8 Å². The van der Waals surface area contributed by atoms with E-state index < -0.39 is 0 Å². The van der Waals surface area contributed by atoms with E-state index >= 15 is 0 Å². The van der Waals surface area contributed by atoms with Crippen molar-refractivity contribution in [2.24, 2.45) is 0 Å². The van der Waals surface area contributed by atoms with Gasteiger partial charge in [-0.05, 0) is 6.42 Å². The van der Waals surface area contributed by atoms with Gasteiger partial charge in [-0.25, -0.2) is 4.98 Å². The lowest BCUT2D eigenvalue weighted by atomic mass is 10.4. The van der Waals surface area contributed by atoms with Crippen LogP contribution in [0.25, 0.3) is 0 Å². The molecule has 5 nitrogen and oxygen atoms in total. The van der Waals surface area contributed by atoms with Crippen molar-refractivity contribution in [2.45, 2.75) is 33.2 Å². The van der Waals surface area contributed by atoms with Crippen molar-refractivity contribution in [1.29, 1.82) is 0 Å². The molecule has 0 amide bonds. The summed E-state index contributed by atoms with van der Waals surface area (Å²) < 4.78 is 10.8. The van der Waals surface area contributed by atoms with Gasteiger partial charge in [-0.15, -0.1) is 0 Å². The topological polar surface area (TPSA) is 56.3 Å². The first-order valence-corrected chi connectivity index (χ1v) is 6.04. The summed E-state index contributed by atoms with van der Waals surface area (Å²) in [6.45, 7) is 8.23. The van der Waals surface area contributed by atoms with Crippen molar-refractivity contribution in [1.82, 2.24) is 15.3 Å². The standard InChI is InChI=1S/C12H21N3O2/c1-4-8-16-11-5-6-14-12(15-11)17-9-7-13-10(2)3/h5-6,10,13H,4,7-9H2,1-3H3. The minimum absolute atomic E-state index is 0.365. The molecule has 0 atom stereocenters. The summed E-state index contributed by atoms with van der Waals surface area (Å²) in [7, 11) is 0. The molecule has 0 saturated carbocycles. The Morgan fingerprint density at radius 3 is 2.82 bits per heavy atom. The maximum atomic E-state index is 5.41. The number of hydrogen-bond donors (Lipinski definition) is 1. The molecule has 0 fully saturated rings. The van der Waals surface area contributed by atoms with Crippen molar-refractivity contribution in [2.75, 3.05) is 19.8 Å². The molecule has 1 N–H and O–H groups in total. The molecule has 1 heterocycles. The Hall–Kier alpha value is -1.36. The molecule has 0 bridgehead atoms. The van der Waals surface area contributed by atoms with Crippen LogP contribution in [0, 0.1) is 0 Å². The molecule has 0 radical (unpaired) electrons. The largest absolute Gasteiger partial charge is 0.478 e. The summed E-state index contributed by atoms with van der Waals surface area (Å²) >= 11 is 0. The number of ether oxygens (including phenoxy) is 2. The molecule has 0 aliphatic rings. The van der Waals surface area contributed by atoms with Crippen molar-refractivity contribution in [3.8, 4) is 11.9 Å². The third-order valence-corrected chi connectivity index (χ3v) is 1.95. The quantitative estimate of drug-likeness (QED) is 0.699. The van der Waals surface area contributed by atoms with E-state index in [4.69, 9.17) is 9.47 Å². The lowest BCUT2D eigenvalue weighted by Gasteiger charge is -2.09. The second-order valence-corrected chi connectivity index (χ2v) is 3.98. The number of nitrogens with zero attached hydrogens (tertiary/aromatic N) is 2. The maximum absolute atomic E-state index is 5.41. The van der Waals surface area contributed by atoms with Gasteiger partial charge in [0.2, 0.25) is 5.88 Å². The van der Waals surface area contributed by atoms with Crippen LogP contribution in [0.15, 0.2) is 12.3 Å². The first-order chi connectivity index (χ1) is 8.22. The highest BCUT2D eigenvalue weighted by molar-refractivity contribution is 5.10. The Balaban J connectivity index is 2.32. The summed E-state index contributed by atoms with van der Waals surface area (Å²) in [5.74, 6) is 0.564. The zero-order chi connectivity index (χ0) is 12.5. The highest BCUT2D eigenvalue weighted by Gasteiger charge is 2.01. The molecule has 5 heteroatoms. The number of hydrogen-bond acceptors (Lipinski definition) is 5. The molecule has 1 aromatic heterocycles. The Labute approximate surface area is 103 Å². The van der Waals surface area contributed by atoms with Crippen LogP contribution < -0.4 is 14.8 Å². The fourth-order valence-corrected chi connectivity index (χ4v) is 1.17. The van der Waals surface area contributed by atoms with Gasteiger partial charge in [-0.2, -0.15) is 4.98 Å².